The van der Waals surface area contributed by atoms with Crippen LogP contribution in [-0.4, -0.2) is 28.5 Å². The Hall–Kier alpha value is -1.98. The first-order valence-corrected chi connectivity index (χ1v) is 9.02. The lowest BCUT2D eigenvalue weighted by atomic mass is 10.1. The third-order valence-electron chi connectivity index (χ3n) is 4.38. The minimum atomic E-state index is 0.00951. The van der Waals surface area contributed by atoms with Crippen LogP contribution in [0.2, 0.25) is 0 Å². The predicted molar refractivity (Wildman–Crippen MR) is 101 cm³/mol. The first-order valence-electron chi connectivity index (χ1n) is 8.14. The van der Waals surface area contributed by atoms with E-state index in [2.05, 4.69) is 41.0 Å². The number of aryl methyl sites for hydroxylation is 3. The van der Waals surface area contributed by atoms with E-state index in [4.69, 9.17) is 0 Å². The van der Waals surface area contributed by atoms with Gasteiger partial charge in [-0.1, -0.05) is 11.6 Å². The lowest BCUT2D eigenvalue weighted by Crippen LogP contribution is -2.25. The summed E-state index contributed by atoms with van der Waals surface area (Å²) in [6, 6.07) is 6.26. The number of aromatic amines is 1. The lowest BCUT2D eigenvalue weighted by Gasteiger charge is -2.16. The van der Waals surface area contributed by atoms with Crippen LogP contribution in [0.1, 0.15) is 27.3 Å². The third-order valence-corrected chi connectivity index (χ3v) is 5.37. The second-order valence-corrected chi connectivity index (χ2v) is 7.46. The van der Waals surface area contributed by atoms with Crippen molar-refractivity contribution in [1.29, 1.82) is 0 Å². The molecule has 0 amide bonds. The van der Waals surface area contributed by atoms with Gasteiger partial charge in [-0.25, -0.2) is 4.98 Å². The summed E-state index contributed by atoms with van der Waals surface area (Å²) in [6.07, 6.45) is 0.969. The van der Waals surface area contributed by atoms with Gasteiger partial charge in [-0.3, -0.25) is 4.79 Å². The van der Waals surface area contributed by atoms with E-state index in [-0.39, 0.29) is 5.56 Å². The molecule has 0 atom stereocenters. The third kappa shape index (κ3) is 3.57. The molecular weight excluding hydrogens is 318 g/mol. The molecule has 1 N–H and O–H groups in total. The average molecular weight is 341 g/mol. The number of hydrogen-bond donors (Lipinski definition) is 1. The van der Waals surface area contributed by atoms with Gasteiger partial charge < -0.3 is 9.88 Å². The fraction of sp³-hybridized carbons (Fsp3) is 0.368. The Balaban J connectivity index is 1.78. The van der Waals surface area contributed by atoms with Crippen LogP contribution >= 0.6 is 11.3 Å². The fourth-order valence-corrected chi connectivity index (χ4v) is 3.85. The zero-order valence-corrected chi connectivity index (χ0v) is 15.5. The largest absolute Gasteiger partial charge is 0.321 e. The summed E-state index contributed by atoms with van der Waals surface area (Å²) in [7, 11) is 2.06. The molecule has 0 aliphatic rings. The lowest BCUT2D eigenvalue weighted by molar-refractivity contribution is 0.330. The van der Waals surface area contributed by atoms with Gasteiger partial charge in [0.1, 0.15) is 0 Å². The quantitative estimate of drug-likeness (QED) is 0.771. The van der Waals surface area contributed by atoms with Crippen LogP contribution in [-0.2, 0) is 13.0 Å². The molecule has 0 saturated carbocycles. The molecule has 126 valence electrons. The van der Waals surface area contributed by atoms with E-state index in [1.807, 2.05) is 25.4 Å². The molecule has 24 heavy (non-hydrogen) atoms. The molecule has 0 radical (unpaired) electrons. The molecular formula is C19H23N3OS. The molecule has 5 heteroatoms. The molecule has 3 aromatic rings. The number of rotatable bonds is 5. The minimum Gasteiger partial charge on any atom is -0.321 e. The number of nitrogens with one attached hydrogen (secondary N) is 1. The summed E-state index contributed by atoms with van der Waals surface area (Å²) in [5, 5.41) is 1.11. The molecule has 1 aromatic carbocycles. The van der Waals surface area contributed by atoms with Gasteiger partial charge in [0, 0.05) is 23.5 Å². The van der Waals surface area contributed by atoms with Crippen molar-refractivity contribution in [2.75, 3.05) is 13.6 Å². The highest BCUT2D eigenvalue weighted by Gasteiger charge is 2.09. The van der Waals surface area contributed by atoms with Gasteiger partial charge in [-0.15, -0.1) is 11.3 Å². The normalized spacial score (nSPS) is 11.5. The van der Waals surface area contributed by atoms with Crippen molar-refractivity contribution in [2.24, 2.45) is 0 Å². The first kappa shape index (κ1) is 16.9. The fourth-order valence-electron chi connectivity index (χ4n) is 3.08. The van der Waals surface area contributed by atoms with Gasteiger partial charge in [-0.2, -0.15) is 0 Å². The second kappa shape index (κ2) is 6.87. The number of pyridine rings is 1. The van der Waals surface area contributed by atoms with Gasteiger partial charge in [-0.05, 0) is 57.3 Å². The van der Waals surface area contributed by atoms with E-state index in [0.717, 1.165) is 40.7 Å². The SMILES string of the molecule is Cc1cc(C)c2[nH]c(=O)c(CN(C)CCc3scnc3C)cc2c1. The molecule has 0 aliphatic carbocycles. The monoisotopic (exact) mass is 341 g/mol. The van der Waals surface area contributed by atoms with Crippen LogP contribution in [0, 0.1) is 20.8 Å². The van der Waals surface area contributed by atoms with Crippen LogP contribution in [0.3, 0.4) is 0 Å². The molecule has 0 fully saturated rings. The average Bonchev–Trinajstić information content (AvgIpc) is 2.92. The van der Waals surface area contributed by atoms with E-state index in [0.29, 0.717) is 6.54 Å². The minimum absolute atomic E-state index is 0.00951. The molecule has 0 saturated heterocycles. The Kier molecular flexibility index (Phi) is 4.83. The maximum absolute atomic E-state index is 12.4. The van der Waals surface area contributed by atoms with E-state index in [1.54, 1.807) is 11.3 Å². The molecule has 0 aliphatic heterocycles. The Bertz CT molecular complexity index is 926. The molecule has 0 unspecified atom stereocenters. The number of H-pyrrole nitrogens is 1. The van der Waals surface area contributed by atoms with Gasteiger partial charge in [0.2, 0.25) is 0 Å². The predicted octanol–water partition coefficient (Wildman–Crippen LogP) is 3.58. The number of aromatic nitrogens is 2. The Morgan fingerprint density at radius 3 is 2.71 bits per heavy atom. The maximum Gasteiger partial charge on any atom is 0.252 e. The summed E-state index contributed by atoms with van der Waals surface area (Å²) >= 11 is 1.70. The van der Waals surface area contributed by atoms with Crippen molar-refractivity contribution < 1.29 is 0 Å². The van der Waals surface area contributed by atoms with Gasteiger partial charge in [0.05, 0.1) is 16.7 Å². The van der Waals surface area contributed by atoms with Crippen molar-refractivity contribution in [3.63, 3.8) is 0 Å². The van der Waals surface area contributed by atoms with Crippen molar-refractivity contribution >= 4 is 22.2 Å². The summed E-state index contributed by atoms with van der Waals surface area (Å²) in [5.74, 6) is 0. The number of thiazole rings is 1. The molecule has 4 nitrogen and oxygen atoms in total. The van der Waals surface area contributed by atoms with Crippen LogP contribution in [0.15, 0.2) is 28.5 Å². The standard InChI is InChI=1S/C19H23N3OS/c1-12-7-13(2)18-15(8-12)9-16(19(23)21-18)10-22(4)6-5-17-14(3)20-11-24-17/h7-9,11H,5-6,10H2,1-4H3,(H,21,23). The number of benzene rings is 1. The van der Waals surface area contributed by atoms with Crippen molar-refractivity contribution in [3.05, 3.63) is 61.3 Å². The highest BCUT2D eigenvalue weighted by molar-refractivity contribution is 7.09. The maximum atomic E-state index is 12.4. The zero-order valence-electron chi connectivity index (χ0n) is 14.6. The van der Waals surface area contributed by atoms with Gasteiger partial charge in [0.25, 0.3) is 5.56 Å². The molecule has 2 heterocycles. The van der Waals surface area contributed by atoms with Crippen molar-refractivity contribution in [1.82, 2.24) is 14.9 Å². The topological polar surface area (TPSA) is 49.0 Å². The number of nitrogens with zero attached hydrogens (tertiary/aromatic N) is 2. The van der Waals surface area contributed by atoms with E-state index < -0.39 is 0 Å². The van der Waals surface area contributed by atoms with Crippen LogP contribution < -0.4 is 5.56 Å². The van der Waals surface area contributed by atoms with Crippen LogP contribution in [0.25, 0.3) is 10.9 Å². The highest BCUT2D eigenvalue weighted by Crippen LogP contribution is 2.18. The van der Waals surface area contributed by atoms with Crippen molar-refractivity contribution in [2.45, 2.75) is 33.7 Å². The molecule has 2 aromatic heterocycles. The van der Waals surface area contributed by atoms with Gasteiger partial charge >= 0.3 is 0 Å². The number of fused-ring (bicyclic) bond motifs is 1. The van der Waals surface area contributed by atoms with Crippen LogP contribution in [0.4, 0.5) is 0 Å². The second-order valence-electron chi connectivity index (χ2n) is 6.52. The summed E-state index contributed by atoms with van der Waals surface area (Å²) < 4.78 is 0. The van der Waals surface area contributed by atoms with E-state index >= 15 is 0 Å². The summed E-state index contributed by atoms with van der Waals surface area (Å²) in [6.45, 7) is 7.73. The smallest absolute Gasteiger partial charge is 0.252 e. The summed E-state index contributed by atoms with van der Waals surface area (Å²) in [4.78, 5) is 23.3. The zero-order chi connectivity index (χ0) is 17.3. The van der Waals surface area contributed by atoms with Crippen LogP contribution in [0.5, 0.6) is 0 Å². The van der Waals surface area contributed by atoms with E-state index in [9.17, 15) is 4.79 Å². The van der Waals surface area contributed by atoms with Crippen molar-refractivity contribution in [3.8, 4) is 0 Å². The highest BCUT2D eigenvalue weighted by atomic mass is 32.1. The Morgan fingerprint density at radius 2 is 2.00 bits per heavy atom. The van der Waals surface area contributed by atoms with Gasteiger partial charge in [0.15, 0.2) is 0 Å². The summed E-state index contributed by atoms with van der Waals surface area (Å²) in [5.41, 5.74) is 7.10. The Morgan fingerprint density at radius 1 is 1.21 bits per heavy atom. The number of hydrogen-bond acceptors (Lipinski definition) is 4. The molecule has 0 bridgehead atoms. The number of likely N-dealkylation sites (N-methyl/N-ethyl adjacent to an activating group) is 1. The molecule has 0 spiro atoms. The first-order chi connectivity index (χ1) is 11.4. The molecule has 3 rings (SSSR count). The van der Waals surface area contributed by atoms with E-state index in [1.165, 1.54) is 10.4 Å². The Labute approximate surface area is 146 Å².